The first kappa shape index (κ1) is 20.7. The minimum Gasteiger partial charge on any atom is -0.383 e. The second-order valence-electron chi connectivity index (χ2n) is 6.85. The zero-order valence-corrected chi connectivity index (χ0v) is 16.8. The van der Waals surface area contributed by atoms with Crippen molar-refractivity contribution in [1.29, 1.82) is 0 Å². The fourth-order valence-electron chi connectivity index (χ4n) is 3.33. The summed E-state index contributed by atoms with van der Waals surface area (Å²) in [6, 6.07) is 17.4. The van der Waals surface area contributed by atoms with E-state index in [-0.39, 0.29) is 18.4 Å². The van der Waals surface area contributed by atoms with Crippen LogP contribution < -0.4 is 15.5 Å². The van der Waals surface area contributed by atoms with Crippen LogP contribution in [0.4, 0.5) is 11.4 Å². The number of benzene rings is 2. The van der Waals surface area contributed by atoms with Crippen LogP contribution in [-0.4, -0.2) is 69.7 Å². The molecule has 1 heterocycles. The normalized spacial score (nSPS) is 13.8. The van der Waals surface area contributed by atoms with Gasteiger partial charge in [0, 0.05) is 51.2 Å². The van der Waals surface area contributed by atoms with Crippen LogP contribution in [-0.2, 0) is 9.53 Å². The van der Waals surface area contributed by atoms with E-state index in [2.05, 4.69) is 27.7 Å². The van der Waals surface area contributed by atoms with Crippen LogP contribution in [0.2, 0.25) is 0 Å². The standard InChI is InChI=1S/C22H28N4O3/c1-29-16-11-23-22(28)19-9-5-6-10-20(19)24-17-21(27)26-14-12-25(13-15-26)18-7-3-2-4-8-18/h2-10,24H,11-17H2,1H3,(H,23,28). The summed E-state index contributed by atoms with van der Waals surface area (Å²) in [5.74, 6) is -0.151. The molecule has 2 aromatic rings. The summed E-state index contributed by atoms with van der Waals surface area (Å²) >= 11 is 0. The number of para-hydroxylation sites is 2. The van der Waals surface area contributed by atoms with Crippen molar-refractivity contribution in [1.82, 2.24) is 10.2 Å². The maximum Gasteiger partial charge on any atom is 0.253 e. The summed E-state index contributed by atoms with van der Waals surface area (Å²) in [5, 5.41) is 5.93. The number of ether oxygens (including phenoxy) is 1. The van der Waals surface area contributed by atoms with Crippen molar-refractivity contribution >= 4 is 23.2 Å². The number of piperazine rings is 1. The predicted octanol–water partition coefficient (Wildman–Crippen LogP) is 1.82. The van der Waals surface area contributed by atoms with E-state index in [1.807, 2.05) is 35.2 Å². The molecule has 2 amide bonds. The Hall–Kier alpha value is -3.06. The van der Waals surface area contributed by atoms with Gasteiger partial charge in [-0.3, -0.25) is 9.59 Å². The fourth-order valence-corrected chi connectivity index (χ4v) is 3.33. The van der Waals surface area contributed by atoms with E-state index in [1.54, 1.807) is 19.2 Å². The quantitative estimate of drug-likeness (QED) is 0.666. The molecule has 7 nitrogen and oxygen atoms in total. The van der Waals surface area contributed by atoms with E-state index >= 15 is 0 Å². The highest BCUT2D eigenvalue weighted by Crippen LogP contribution is 2.17. The van der Waals surface area contributed by atoms with E-state index in [9.17, 15) is 9.59 Å². The molecule has 0 atom stereocenters. The third-order valence-corrected chi connectivity index (χ3v) is 4.95. The van der Waals surface area contributed by atoms with Gasteiger partial charge in [-0.25, -0.2) is 0 Å². The van der Waals surface area contributed by atoms with E-state index in [1.165, 1.54) is 5.69 Å². The van der Waals surface area contributed by atoms with E-state index in [4.69, 9.17) is 4.74 Å². The highest BCUT2D eigenvalue weighted by Gasteiger charge is 2.21. The molecule has 0 aromatic heterocycles. The molecule has 0 radical (unpaired) electrons. The first-order chi connectivity index (χ1) is 14.2. The van der Waals surface area contributed by atoms with Crippen molar-refractivity contribution in [3.63, 3.8) is 0 Å². The number of hydrogen-bond donors (Lipinski definition) is 2. The molecule has 1 fully saturated rings. The van der Waals surface area contributed by atoms with Crippen molar-refractivity contribution in [2.75, 3.05) is 63.2 Å². The number of rotatable bonds is 8. The van der Waals surface area contributed by atoms with Gasteiger partial charge >= 0.3 is 0 Å². The molecule has 0 aliphatic carbocycles. The van der Waals surface area contributed by atoms with Gasteiger partial charge < -0.3 is 25.2 Å². The smallest absolute Gasteiger partial charge is 0.253 e. The molecule has 0 unspecified atom stereocenters. The number of amides is 2. The van der Waals surface area contributed by atoms with Gasteiger partial charge in [-0.15, -0.1) is 0 Å². The summed E-state index contributed by atoms with van der Waals surface area (Å²) in [6.45, 7) is 4.06. The molecule has 0 spiro atoms. The summed E-state index contributed by atoms with van der Waals surface area (Å²) < 4.78 is 4.96. The minimum atomic E-state index is -0.186. The van der Waals surface area contributed by atoms with Crippen molar-refractivity contribution in [3.8, 4) is 0 Å². The van der Waals surface area contributed by atoms with Crippen LogP contribution in [0.3, 0.4) is 0 Å². The lowest BCUT2D eigenvalue weighted by Crippen LogP contribution is -2.50. The fraction of sp³-hybridized carbons (Fsp3) is 0.364. The highest BCUT2D eigenvalue weighted by molar-refractivity contribution is 6.00. The largest absolute Gasteiger partial charge is 0.383 e. The Morgan fingerprint density at radius 1 is 0.966 bits per heavy atom. The van der Waals surface area contributed by atoms with Crippen molar-refractivity contribution in [2.24, 2.45) is 0 Å². The van der Waals surface area contributed by atoms with Gasteiger partial charge in [-0.2, -0.15) is 0 Å². The molecule has 0 saturated carbocycles. The van der Waals surface area contributed by atoms with Crippen molar-refractivity contribution in [3.05, 3.63) is 60.2 Å². The maximum atomic E-state index is 12.6. The molecule has 2 aromatic carbocycles. The maximum absolute atomic E-state index is 12.6. The van der Waals surface area contributed by atoms with Gasteiger partial charge in [0.05, 0.1) is 18.7 Å². The van der Waals surface area contributed by atoms with Crippen LogP contribution in [0.5, 0.6) is 0 Å². The Bertz CT molecular complexity index is 805. The zero-order valence-electron chi connectivity index (χ0n) is 16.8. The molecular weight excluding hydrogens is 368 g/mol. The Morgan fingerprint density at radius 2 is 1.66 bits per heavy atom. The average Bonchev–Trinajstić information content (AvgIpc) is 2.78. The number of nitrogens with zero attached hydrogens (tertiary/aromatic N) is 2. The number of methoxy groups -OCH3 is 1. The second kappa shape index (κ2) is 10.5. The monoisotopic (exact) mass is 396 g/mol. The third kappa shape index (κ3) is 5.71. The molecule has 1 saturated heterocycles. The third-order valence-electron chi connectivity index (χ3n) is 4.95. The average molecular weight is 396 g/mol. The Morgan fingerprint density at radius 3 is 2.38 bits per heavy atom. The first-order valence-electron chi connectivity index (χ1n) is 9.87. The van der Waals surface area contributed by atoms with Gasteiger partial charge in [0.1, 0.15) is 0 Å². The first-order valence-corrected chi connectivity index (χ1v) is 9.87. The van der Waals surface area contributed by atoms with Crippen LogP contribution in [0.1, 0.15) is 10.4 Å². The molecular formula is C22H28N4O3. The predicted molar refractivity (Wildman–Crippen MR) is 114 cm³/mol. The summed E-state index contributed by atoms with van der Waals surface area (Å²) in [5.41, 5.74) is 2.36. The number of hydrogen-bond acceptors (Lipinski definition) is 5. The molecule has 7 heteroatoms. The molecule has 2 N–H and O–H groups in total. The number of nitrogens with one attached hydrogen (secondary N) is 2. The molecule has 0 bridgehead atoms. The number of anilines is 2. The summed E-state index contributed by atoms with van der Waals surface area (Å²) in [6.07, 6.45) is 0. The topological polar surface area (TPSA) is 73.9 Å². The van der Waals surface area contributed by atoms with Crippen LogP contribution in [0, 0.1) is 0 Å². The van der Waals surface area contributed by atoms with Gasteiger partial charge in [0.15, 0.2) is 0 Å². The molecule has 29 heavy (non-hydrogen) atoms. The summed E-state index contributed by atoms with van der Waals surface area (Å²) in [4.78, 5) is 29.1. The Labute approximate surface area is 171 Å². The Kier molecular flexibility index (Phi) is 7.47. The van der Waals surface area contributed by atoms with Gasteiger partial charge in [-0.1, -0.05) is 30.3 Å². The zero-order chi connectivity index (χ0) is 20.5. The van der Waals surface area contributed by atoms with Crippen molar-refractivity contribution in [2.45, 2.75) is 0 Å². The number of carbonyl (C=O) groups is 2. The van der Waals surface area contributed by atoms with Gasteiger partial charge in [-0.05, 0) is 24.3 Å². The van der Waals surface area contributed by atoms with E-state index < -0.39 is 0 Å². The van der Waals surface area contributed by atoms with Crippen LogP contribution in [0.25, 0.3) is 0 Å². The van der Waals surface area contributed by atoms with Crippen molar-refractivity contribution < 1.29 is 14.3 Å². The molecule has 3 rings (SSSR count). The molecule has 1 aliphatic rings. The Balaban J connectivity index is 1.50. The highest BCUT2D eigenvalue weighted by atomic mass is 16.5. The lowest BCUT2D eigenvalue weighted by atomic mass is 10.1. The lowest BCUT2D eigenvalue weighted by Gasteiger charge is -2.36. The minimum absolute atomic E-state index is 0.0345. The molecule has 154 valence electrons. The SMILES string of the molecule is COCCNC(=O)c1ccccc1NCC(=O)N1CCN(c2ccccc2)CC1. The van der Waals surface area contributed by atoms with Crippen LogP contribution in [0.15, 0.2) is 54.6 Å². The van der Waals surface area contributed by atoms with Gasteiger partial charge in [0.2, 0.25) is 5.91 Å². The second-order valence-corrected chi connectivity index (χ2v) is 6.85. The number of carbonyl (C=O) groups excluding carboxylic acids is 2. The summed E-state index contributed by atoms with van der Waals surface area (Å²) in [7, 11) is 1.59. The van der Waals surface area contributed by atoms with Gasteiger partial charge in [0.25, 0.3) is 5.91 Å². The molecule has 1 aliphatic heterocycles. The van der Waals surface area contributed by atoms with Crippen LogP contribution >= 0.6 is 0 Å². The lowest BCUT2D eigenvalue weighted by molar-refractivity contribution is -0.129. The van der Waals surface area contributed by atoms with E-state index in [0.29, 0.717) is 37.5 Å². The van der Waals surface area contributed by atoms with E-state index in [0.717, 1.165) is 13.1 Å².